The maximum absolute atomic E-state index is 13.7. The molecule has 136 valence electrons. The quantitative estimate of drug-likeness (QED) is 0.590. The van der Waals surface area contributed by atoms with E-state index in [4.69, 9.17) is 4.74 Å². The van der Waals surface area contributed by atoms with Crippen LogP contribution in [0.25, 0.3) is 22.3 Å². The minimum atomic E-state index is -0.332. The Hall–Kier alpha value is -2.53. The van der Waals surface area contributed by atoms with E-state index in [9.17, 15) is 9.18 Å². The van der Waals surface area contributed by atoms with Crippen molar-refractivity contribution in [2.75, 3.05) is 6.61 Å². The molecule has 1 aromatic heterocycles. The number of unbranched alkanes of at least 4 members (excludes halogenated alkanes) is 3. The van der Waals surface area contributed by atoms with Gasteiger partial charge in [-0.05, 0) is 42.3 Å². The van der Waals surface area contributed by atoms with Crippen molar-refractivity contribution in [3.8, 4) is 11.4 Å². The summed E-state index contributed by atoms with van der Waals surface area (Å²) < 4.78 is 19.4. The fraction of sp³-hybridized carbons (Fsp3) is 0.333. The van der Waals surface area contributed by atoms with Gasteiger partial charge in [0.05, 0.1) is 17.5 Å². The normalized spacial score (nSPS) is 11.2. The smallest absolute Gasteiger partial charge is 0.259 e. The van der Waals surface area contributed by atoms with Crippen LogP contribution in [0, 0.1) is 5.82 Å². The molecule has 0 aliphatic heterocycles. The molecule has 0 fully saturated rings. The molecule has 1 N–H and O–H groups in total. The predicted molar refractivity (Wildman–Crippen MR) is 102 cm³/mol. The third-order valence-electron chi connectivity index (χ3n) is 4.34. The molecule has 26 heavy (non-hydrogen) atoms. The minimum Gasteiger partial charge on any atom is -0.377 e. The maximum atomic E-state index is 13.7. The first-order chi connectivity index (χ1) is 12.7. The van der Waals surface area contributed by atoms with Crippen LogP contribution < -0.4 is 5.56 Å². The molecule has 0 atom stereocenters. The predicted octanol–water partition coefficient (Wildman–Crippen LogP) is 4.83. The van der Waals surface area contributed by atoms with Gasteiger partial charge in [0, 0.05) is 12.2 Å². The van der Waals surface area contributed by atoms with E-state index in [1.165, 1.54) is 25.0 Å². The molecule has 3 rings (SSSR count). The second-order valence-corrected chi connectivity index (χ2v) is 6.35. The van der Waals surface area contributed by atoms with Gasteiger partial charge < -0.3 is 9.72 Å². The van der Waals surface area contributed by atoms with Gasteiger partial charge in [0.15, 0.2) is 0 Å². The number of rotatable bonds is 8. The molecule has 0 aliphatic rings. The first-order valence-corrected chi connectivity index (χ1v) is 9.04. The Morgan fingerprint density at radius 2 is 1.96 bits per heavy atom. The molecule has 0 aliphatic carbocycles. The Labute approximate surface area is 152 Å². The molecule has 3 aromatic rings. The fourth-order valence-corrected chi connectivity index (χ4v) is 2.94. The summed E-state index contributed by atoms with van der Waals surface area (Å²) in [6, 6.07) is 11.6. The number of aromatic amines is 1. The second kappa shape index (κ2) is 8.72. The Bertz CT molecular complexity index is 937. The molecule has 0 unspecified atom stereocenters. The van der Waals surface area contributed by atoms with Gasteiger partial charge in [0.2, 0.25) is 0 Å². The van der Waals surface area contributed by atoms with Gasteiger partial charge in [-0.3, -0.25) is 4.79 Å². The number of ether oxygens (including phenoxy) is 1. The Morgan fingerprint density at radius 1 is 1.12 bits per heavy atom. The lowest BCUT2D eigenvalue weighted by Crippen LogP contribution is -2.10. The highest BCUT2D eigenvalue weighted by molar-refractivity contribution is 5.79. The maximum Gasteiger partial charge on any atom is 0.259 e. The minimum absolute atomic E-state index is 0.207. The van der Waals surface area contributed by atoms with Crippen LogP contribution in [0.2, 0.25) is 0 Å². The van der Waals surface area contributed by atoms with Crippen molar-refractivity contribution in [2.45, 2.75) is 39.2 Å². The largest absolute Gasteiger partial charge is 0.377 e. The van der Waals surface area contributed by atoms with Crippen molar-refractivity contribution in [3.63, 3.8) is 0 Å². The first kappa shape index (κ1) is 18.3. The zero-order valence-electron chi connectivity index (χ0n) is 14.9. The zero-order valence-corrected chi connectivity index (χ0v) is 14.9. The van der Waals surface area contributed by atoms with Gasteiger partial charge >= 0.3 is 0 Å². The van der Waals surface area contributed by atoms with Crippen LogP contribution in [0.5, 0.6) is 0 Å². The summed E-state index contributed by atoms with van der Waals surface area (Å²) in [6.45, 7) is 3.09. The summed E-state index contributed by atoms with van der Waals surface area (Å²) in [5, 5.41) is 0.534. The topological polar surface area (TPSA) is 55.0 Å². The summed E-state index contributed by atoms with van der Waals surface area (Å²) in [6.07, 6.45) is 4.49. The molecule has 2 aromatic carbocycles. The number of H-pyrrole nitrogens is 1. The second-order valence-electron chi connectivity index (χ2n) is 6.35. The van der Waals surface area contributed by atoms with E-state index >= 15 is 0 Å². The van der Waals surface area contributed by atoms with Gasteiger partial charge in [-0.1, -0.05) is 38.3 Å². The van der Waals surface area contributed by atoms with Gasteiger partial charge in [-0.15, -0.1) is 0 Å². The number of hydrogen-bond acceptors (Lipinski definition) is 3. The number of para-hydroxylation sites is 1. The van der Waals surface area contributed by atoms with Crippen molar-refractivity contribution >= 4 is 10.9 Å². The molecule has 4 nitrogen and oxygen atoms in total. The van der Waals surface area contributed by atoms with E-state index < -0.39 is 0 Å². The number of halogens is 1. The standard InChI is InChI=1S/C21H23FN2O2/c1-2-3-4-7-12-26-14-15-13-16(22)10-11-17(15)20-23-19-9-6-5-8-18(19)21(25)24-20/h5-6,8-11,13H,2-4,7,12,14H2,1H3,(H,23,24,25). The van der Waals surface area contributed by atoms with E-state index in [2.05, 4.69) is 16.9 Å². The van der Waals surface area contributed by atoms with Crippen molar-refractivity contribution < 1.29 is 9.13 Å². The molecule has 0 amide bonds. The van der Waals surface area contributed by atoms with Crippen LogP contribution in [0.3, 0.4) is 0 Å². The van der Waals surface area contributed by atoms with Crippen LogP contribution in [-0.4, -0.2) is 16.6 Å². The number of nitrogens with zero attached hydrogens (tertiary/aromatic N) is 1. The van der Waals surface area contributed by atoms with Crippen LogP contribution >= 0.6 is 0 Å². The van der Waals surface area contributed by atoms with Gasteiger partial charge in [-0.2, -0.15) is 0 Å². The van der Waals surface area contributed by atoms with Gasteiger partial charge in [0.25, 0.3) is 5.56 Å². The molecule has 0 saturated heterocycles. The molecule has 5 heteroatoms. The molecule has 0 spiro atoms. The van der Waals surface area contributed by atoms with Crippen molar-refractivity contribution in [1.29, 1.82) is 0 Å². The Morgan fingerprint density at radius 3 is 2.81 bits per heavy atom. The number of hydrogen-bond donors (Lipinski definition) is 1. The van der Waals surface area contributed by atoms with Crippen molar-refractivity contribution in [2.24, 2.45) is 0 Å². The van der Waals surface area contributed by atoms with E-state index in [0.717, 1.165) is 12.8 Å². The van der Waals surface area contributed by atoms with E-state index in [1.807, 2.05) is 6.07 Å². The number of nitrogens with one attached hydrogen (secondary N) is 1. The Balaban J connectivity index is 1.85. The fourth-order valence-electron chi connectivity index (χ4n) is 2.94. The molecular formula is C21H23FN2O2. The average Bonchev–Trinajstić information content (AvgIpc) is 2.64. The highest BCUT2D eigenvalue weighted by atomic mass is 19.1. The number of fused-ring (bicyclic) bond motifs is 1. The Kier molecular flexibility index (Phi) is 6.12. The summed E-state index contributed by atoms with van der Waals surface area (Å²) in [5.41, 5.74) is 1.77. The van der Waals surface area contributed by atoms with Gasteiger partial charge in [-0.25, -0.2) is 9.37 Å². The number of benzene rings is 2. The van der Waals surface area contributed by atoms with E-state index in [0.29, 0.717) is 34.5 Å². The lowest BCUT2D eigenvalue weighted by atomic mass is 10.1. The van der Waals surface area contributed by atoms with Crippen molar-refractivity contribution in [1.82, 2.24) is 9.97 Å². The van der Waals surface area contributed by atoms with E-state index in [1.54, 1.807) is 24.3 Å². The van der Waals surface area contributed by atoms with Crippen molar-refractivity contribution in [3.05, 3.63) is 64.2 Å². The third kappa shape index (κ3) is 4.35. The number of aromatic nitrogens is 2. The molecule has 0 saturated carbocycles. The van der Waals surface area contributed by atoms with Crippen LogP contribution in [0.1, 0.15) is 38.2 Å². The molecule has 0 bridgehead atoms. The summed E-state index contributed by atoms with van der Waals surface area (Å²) in [7, 11) is 0. The third-order valence-corrected chi connectivity index (χ3v) is 4.34. The zero-order chi connectivity index (χ0) is 18.4. The highest BCUT2D eigenvalue weighted by Gasteiger charge is 2.11. The lowest BCUT2D eigenvalue weighted by Gasteiger charge is -2.11. The average molecular weight is 354 g/mol. The summed E-state index contributed by atoms with van der Waals surface area (Å²) in [5.74, 6) is 0.0970. The summed E-state index contributed by atoms with van der Waals surface area (Å²) >= 11 is 0. The monoisotopic (exact) mass is 354 g/mol. The molecule has 1 heterocycles. The van der Waals surface area contributed by atoms with Crippen LogP contribution in [-0.2, 0) is 11.3 Å². The SMILES string of the molecule is CCCCCCOCc1cc(F)ccc1-c1nc2ccccc2c(=O)[nH]1. The van der Waals surface area contributed by atoms with Crippen LogP contribution in [0.15, 0.2) is 47.3 Å². The van der Waals surface area contributed by atoms with Crippen LogP contribution in [0.4, 0.5) is 4.39 Å². The molecule has 0 radical (unpaired) electrons. The molecular weight excluding hydrogens is 331 g/mol. The van der Waals surface area contributed by atoms with E-state index in [-0.39, 0.29) is 18.0 Å². The lowest BCUT2D eigenvalue weighted by molar-refractivity contribution is 0.117. The first-order valence-electron chi connectivity index (χ1n) is 9.04. The highest BCUT2D eigenvalue weighted by Crippen LogP contribution is 2.23. The van der Waals surface area contributed by atoms with Gasteiger partial charge in [0.1, 0.15) is 11.6 Å². The summed E-state index contributed by atoms with van der Waals surface area (Å²) in [4.78, 5) is 19.6.